The molecular formula is C21H23F2NO5. The molecule has 0 aliphatic heterocycles. The standard InChI is InChI=1S/C21H23F2NO5/c1-15-4-2-3-5-18(15)27-13-11-20(26)28-14-19(25)24-12-10-16-6-8-17(9-7-16)29-21(22)23/h2-9,21H,10-14H2,1H3,(H,24,25). The van der Waals surface area contributed by atoms with E-state index in [1.54, 1.807) is 12.1 Å². The monoisotopic (exact) mass is 407 g/mol. The Balaban J connectivity index is 1.58. The predicted octanol–water partition coefficient (Wildman–Crippen LogP) is 3.27. The number of alkyl halides is 2. The first-order chi connectivity index (χ1) is 13.9. The summed E-state index contributed by atoms with van der Waals surface area (Å²) < 4.78 is 38.9. The lowest BCUT2D eigenvalue weighted by molar-refractivity contribution is -0.149. The molecular weight excluding hydrogens is 384 g/mol. The summed E-state index contributed by atoms with van der Waals surface area (Å²) in [5.41, 5.74) is 1.81. The highest BCUT2D eigenvalue weighted by atomic mass is 19.3. The van der Waals surface area contributed by atoms with Crippen LogP contribution in [-0.2, 0) is 20.7 Å². The Labute approximate surface area is 167 Å². The Morgan fingerprint density at radius 1 is 1.07 bits per heavy atom. The highest BCUT2D eigenvalue weighted by Crippen LogP contribution is 2.16. The Morgan fingerprint density at radius 3 is 2.48 bits per heavy atom. The van der Waals surface area contributed by atoms with Gasteiger partial charge in [-0.2, -0.15) is 8.78 Å². The molecule has 0 bridgehead atoms. The number of amides is 1. The molecule has 156 valence electrons. The van der Waals surface area contributed by atoms with Crippen molar-refractivity contribution in [3.8, 4) is 11.5 Å². The van der Waals surface area contributed by atoms with Crippen molar-refractivity contribution in [2.45, 2.75) is 26.4 Å². The van der Waals surface area contributed by atoms with E-state index in [-0.39, 0.29) is 25.4 Å². The summed E-state index contributed by atoms with van der Waals surface area (Å²) in [5, 5.41) is 2.62. The van der Waals surface area contributed by atoms with Crippen LogP contribution in [0.2, 0.25) is 0 Å². The number of benzene rings is 2. The summed E-state index contributed by atoms with van der Waals surface area (Å²) in [7, 11) is 0. The summed E-state index contributed by atoms with van der Waals surface area (Å²) >= 11 is 0. The zero-order valence-corrected chi connectivity index (χ0v) is 16.0. The Bertz CT molecular complexity index is 796. The van der Waals surface area contributed by atoms with E-state index in [0.29, 0.717) is 18.7 Å². The van der Waals surface area contributed by atoms with Gasteiger partial charge in [-0.25, -0.2) is 0 Å². The van der Waals surface area contributed by atoms with E-state index >= 15 is 0 Å². The lowest BCUT2D eigenvalue weighted by atomic mass is 10.1. The van der Waals surface area contributed by atoms with E-state index in [0.717, 1.165) is 11.1 Å². The quantitative estimate of drug-likeness (QED) is 0.579. The number of carbonyl (C=O) groups is 2. The molecule has 0 radical (unpaired) electrons. The van der Waals surface area contributed by atoms with Crippen LogP contribution in [0.5, 0.6) is 11.5 Å². The minimum absolute atomic E-state index is 0.0364. The molecule has 2 rings (SSSR count). The summed E-state index contributed by atoms with van der Waals surface area (Å²) in [4.78, 5) is 23.4. The van der Waals surface area contributed by atoms with Gasteiger partial charge in [0.1, 0.15) is 11.5 Å². The van der Waals surface area contributed by atoms with Crippen LogP contribution in [0.15, 0.2) is 48.5 Å². The smallest absolute Gasteiger partial charge is 0.387 e. The maximum absolute atomic E-state index is 12.1. The van der Waals surface area contributed by atoms with Crippen molar-refractivity contribution in [3.63, 3.8) is 0 Å². The van der Waals surface area contributed by atoms with Gasteiger partial charge in [-0.1, -0.05) is 30.3 Å². The molecule has 0 heterocycles. The number of rotatable bonds is 11. The lowest BCUT2D eigenvalue weighted by Crippen LogP contribution is -2.30. The molecule has 0 saturated heterocycles. The second kappa shape index (κ2) is 11.6. The molecule has 2 aromatic carbocycles. The molecule has 0 unspecified atom stereocenters. The molecule has 1 N–H and O–H groups in total. The van der Waals surface area contributed by atoms with Gasteiger partial charge in [-0.05, 0) is 42.7 Å². The fraction of sp³-hybridized carbons (Fsp3) is 0.333. The molecule has 0 atom stereocenters. The summed E-state index contributed by atoms with van der Waals surface area (Å²) in [6.45, 7) is -0.844. The van der Waals surface area contributed by atoms with Gasteiger partial charge in [0.2, 0.25) is 0 Å². The maximum Gasteiger partial charge on any atom is 0.387 e. The van der Waals surface area contributed by atoms with Crippen LogP contribution in [0.1, 0.15) is 17.5 Å². The molecule has 0 aliphatic carbocycles. The number of halogens is 2. The van der Waals surface area contributed by atoms with Gasteiger partial charge >= 0.3 is 12.6 Å². The molecule has 2 aromatic rings. The van der Waals surface area contributed by atoms with Crippen molar-refractivity contribution < 1.29 is 32.6 Å². The molecule has 0 saturated carbocycles. The molecule has 0 aliphatic rings. The van der Waals surface area contributed by atoms with Gasteiger partial charge in [-0.15, -0.1) is 0 Å². The first-order valence-electron chi connectivity index (χ1n) is 9.08. The van der Waals surface area contributed by atoms with Crippen molar-refractivity contribution in [3.05, 3.63) is 59.7 Å². The molecule has 8 heteroatoms. The third-order valence-corrected chi connectivity index (χ3v) is 3.91. The van der Waals surface area contributed by atoms with E-state index in [2.05, 4.69) is 10.1 Å². The Morgan fingerprint density at radius 2 is 1.79 bits per heavy atom. The van der Waals surface area contributed by atoms with Gasteiger partial charge in [-0.3, -0.25) is 9.59 Å². The molecule has 0 spiro atoms. The largest absolute Gasteiger partial charge is 0.493 e. The highest BCUT2D eigenvalue weighted by Gasteiger charge is 2.09. The number of hydrogen-bond donors (Lipinski definition) is 1. The minimum Gasteiger partial charge on any atom is -0.493 e. The lowest BCUT2D eigenvalue weighted by Gasteiger charge is -2.09. The van der Waals surface area contributed by atoms with Gasteiger partial charge in [0.25, 0.3) is 5.91 Å². The summed E-state index contributed by atoms with van der Waals surface area (Å²) in [5.74, 6) is -0.169. The molecule has 0 aromatic heterocycles. The van der Waals surface area contributed by atoms with Crippen LogP contribution in [0, 0.1) is 6.92 Å². The molecule has 1 amide bonds. The summed E-state index contributed by atoms with van der Waals surface area (Å²) in [6, 6.07) is 13.6. The SMILES string of the molecule is Cc1ccccc1OCCC(=O)OCC(=O)NCCc1ccc(OC(F)F)cc1. The van der Waals surface area contributed by atoms with E-state index < -0.39 is 18.5 Å². The van der Waals surface area contributed by atoms with E-state index in [1.165, 1.54) is 12.1 Å². The van der Waals surface area contributed by atoms with E-state index in [4.69, 9.17) is 9.47 Å². The average Bonchev–Trinajstić information content (AvgIpc) is 2.69. The normalized spacial score (nSPS) is 10.5. The number of hydrogen-bond acceptors (Lipinski definition) is 5. The fourth-order valence-corrected chi connectivity index (χ4v) is 2.42. The number of aryl methyl sites for hydroxylation is 1. The Kier molecular flexibility index (Phi) is 8.88. The number of ether oxygens (including phenoxy) is 3. The fourth-order valence-electron chi connectivity index (χ4n) is 2.42. The van der Waals surface area contributed by atoms with Crippen molar-refractivity contribution >= 4 is 11.9 Å². The number of nitrogens with one attached hydrogen (secondary N) is 1. The minimum atomic E-state index is -2.86. The van der Waals surface area contributed by atoms with Crippen molar-refractivity contribution in [1.82, 2.24) is 5.32 Å². The van der Waals surface area contributed by atoms with Crippen LogP contribution in [0.3, 0.4) is 0 Å². The third-order valence-electron chi connectivity index (χ3n) is 3.91. The van der Waals surface area contributed by atoms with Crippen molar-refractivity contribution in [2.24, 2.45) is 0 Å². The maximum atomic E-state index is 12.1. The second-order valence-electron chi connectivity index (χ2n) is 6.15. The number of para-hydroxylation sites is 1. The molecule has 29 heavy (non-hydrogen) atoms. The van der Waals surface area contributed by atoms with Gasteiger partial charge in [0, 0.05) is 6.54 Å². The zero-order chi connectivity index (χ0) is 21.1. The Hall–Kier alpha value is -3.16. The predicted molar refractivity (Wildman–Crippen MR) is 102 cm³/mol. The van der Waals surface area contributed by atoms with E-state index in [1.807, 2.05) is 31.2 Å². The van der Waals surface area contributed by atoms with Gasteiger partial charge in [0.05, 0.1) is 13.0 Å². The summed E-state index contributed by atoms with van der Waals surface area (Å²) in [6.07, 6.45) is 0.535. The third kappa shape index (κ3) is 8.59. The number of carbonyl (C=O) groups excluding carboxylic acids is 2. The number of esters is 1. The second-order valence-corrected chi connectivity index (χ2v) is 6.15. The van der Waals surface area contributed by atoms with Gasteiger partial charge in [0.15, 0.2) is 6.61 Å². The topological polar surface area (TPSA) is 73.9 Å². The first-order valence-corrected chi connectivity index (χ1v) is 9.08. The van der Waals surface area contributed by atoms with Crippen LogP contribution in [0.25, 0.3) is 0 Å². The van der Waals surface area contributed by atoms with Crippen molar-refractivity contribution in [2.75, 3.05) is 19.8 Å². The molecule has 0 fully saturated rings. The van der Waals surface area contributed by atoms with Crippen LogP contribution < -0.4 is 14.8 Å². The first kappa shape index (κ1) is 22.1. The van der Waals surface area contributed by atoms with Gasteiger partial charge < -0.3 is 19.5 Å². The van der Waals surface area contributed by atoms with Crippen LogP contribution in [-0.4, -0.2) is 38.2 Å². The van der Waals surface area contributed by atoms with Crippen LogP contribution in [0.4, 0.5) is 8.78 Å². The highest BCUT2D eigenvalue weighted by molar-refractivity contribution is 5.80. The molecule has 6 nitrogen and oxygen atoms in total. The zero-order valence-electron chi connectivity index (χ0n) is 16.0. The van der Waals surface area contributed by atoms with Crippen LogP contribution >= 0.6 is 0 Å². The average molecular weight is 407 g/mol. The van der Waals surface area contributed by atoms with E-state index in [9.17, 15) is 18.4 Å². The van der Waals surface area contributed by atoms with Crippen molar-refractivity contribution in [1.29, 1.82) is 0 Å².